The van der Waals surface area contributed by atoms with Crippen LogP contribution in [0.3, 0.4) is 0 Å². The van der Waals surface area contributed by atoms with Crippen LogP contribution in [0.1, 0.15) is 58.3 Å². The second-order valence-corrected chi connectivity index (χ2v) is 7.24. The third-order valence-corrected chi connectivity index (χ3v) is 5.65. The molecule has 1 saturated heterocycles. The minimum atomic E-state index is -0.00348. The van der Waals surface area contributed by atoms with Crippen molar-refractivity contribution in [1.29, 1.82) is 0 Å². The summed E-state index contributed by atoms with van der Waals surface area (Å²) < 4.78 is 0. The van der Waals surface area contributed by atoms with E-state index >= 15 is 0 Å². The fraction of sp³-hybridized carbons (Fsp3) is 0.938. The van der Waals surface area contributed by atoms with Crippen molar-refractivity contribution < 1.29 is 4.79 Å². The molecular formula is C16H29ClN2O. The van der Waals surface area contributed by atoms with Crippen molar-refractivity contribution in [1.82, 2.24) is 4.90 Å². The molecule has 3 nitrogen and oxygen atoms in total. The second-order valence-electron chi connectivity index (χ2n) is 7.24. The van der Waals surface area contributed by atoms with Crippen LogP contribution in [-0.2, 0) is 4.79 Å². The van der Waals surface area contributed by atoms with Crippen molar-refractivity contribution in [2.75, 3.05) is 6.54 Å². The number of likely N-dealkylation sites (tertiary alicyclic amines) is 1. The number of carbonyl (C=O) groups excluding carboxylic acids is 1. The Morgan fingerprint density at radius 2 is 2.10 bits per heavy atom. The number of nitrogens with two attached hydrogens (primary N) is 1. The first kappa shape index (κ1) is 16.1. The number of hydrogen-bond acceptors (Lipinski definition) is 2. The predicted molar refractivity (Wildman–Crippen MR) is 83.8 cm³/mol. The first-order chi connectivity index (χ1) is 9.13. The van der Waals surface area contributed by atoms with Crippen molar-refractivity contribution in [3.05, 3.63) is 0 Å². The number of halogens is 1. The lowest BCUT2D eigenvalue weighted by molar-refractivity contribution is -0.132. The van der Waals surface area contributed by atoms with E-state index in [0.717, 1.165) is 24.3 Å². The van der Waals surface area contributed by atoms with Gasteiger partial charge in [0.05, 0.1) is 0 Å². The number of carbonyl (C=O) groups is 1. The first-order valence-electron chi connectivity index (χ1n) is 8.18. The molecule has 1 heterocycles. The summed E-state index contributed by atoms with van der Waals surface area (Å²) >= 11 is 0. The van der Waals surface area contributed by atoms with Crippen molar-refractivity contribution in [2.24, 2.45) is 23.5 Å². The molecule has 116 valence electrons. The minimum Gasteiger partial charge on any atom is -0.340 e. The molecule has 20 heavy (non-hydrogen) atoms. The zero-order valence-corrected chi connectivity index (χ0v) is 13.4. The van der Waals surface area contributed by atoms with Gasteiger partial charge in [0.15, 0.2) is 0 Å². The number of hydrogen-bond donors (Lipinski definition) is 1. The molecule has 1 aliphatic heterocycles. The molecule has 0 radical (unpaired) electrons. The van der Waals surface area contributed by atoms with Gasteiger partial charge >= 0.3 is 0 Å². The molecule has 3 fully saturated rings. The maximum Gasteiger partial charge on any atom is 0.224 e. The van der Waals surface area contributed by atoms with Gasteiger partial charge < -0.3 is 10.6 Å². The Bertz CT molecular complexity index is 347. The van der Waals surface area contributed by atoms with Gasteiger partial charge in [0, 0.05) is 25.0 Å². The normalized spacial score (nSPS) is 37.0. The summed E-state index contributed by atoms with van der Waals surface area (Å²) in [7, 11) is 0. The Balaban J connectivity index is 0.00000147. The number of nitrogens with zero attached hydrogens (tertiary/aromatic N) is 1. The standard InChI is InChI=1S/C16H28N2O.ClH/c1-11(17)7-16(19)18-6-2-3-15(18)10-14-9-12-4-5-13(14)8-12;/h11-15H,2-10,17H2,1H3;1H. The summed E-state index contributed by atoms with van der Waals surface area (Å²) in [5.41, 5.74) is 5.77. The van der Waals surface area contributed by atoms with Gasteiger partial charge in [-0.2, -0.15) is 0 Å². The smallest absolute Gasteiger partial charge is 0.224 e. The number of fused-ring (bicyclic) bond motifs is 2. The van der Waals surface area contributed by atoms with Gasteiger partial charge in [-0.15, -0.1) is 12.4 Å². The highest BCUT2D eigenvalue weighted by Gasteiger charge is 2.41. The predicted octanol–water partition coefficient (Wildman–Crippen LogP) is 2.96. The summed E-state index contributed by atoms with van der Waals surface area (Å²) in [5.74, 6) is 3.20. The van der Waals surface area contributed by atoms with Crippen LogP contribution in [0, 0.1) is 17.8 Å². The Kier molecular flexibility index (Phi) is 5.36. The molecule has 5 atom stereocenters. The van der Waals surface area contributed by atoms with E-state index in [-0.39, 0.29) is 18.4 Å². The molecule has 2 aliphatic carbocycles. The van der Waals surface area contributed by atoms with E-state index in [9.17, 15) is 4.79 Å². The molecule has 0 spiro atoms. The second kappa shape index (κ2) is 6.65. The number of rotatable bonds is 4. The Morgan fingerprint density at radius 1 is 1.30 bits per heavy atom. The third kappa shape index (κ3) is 3.30. The number of amides is 1. The fourth-order valence-electron chi connectivity index (χ4n) is 4.82. The summed E-state index contributed by atoms with van der Waals surface area (Å²) in [5, 5.41) is 0. The van der Waals surface area contributed by atoms with E-state index in [0.29, 0.717) is 18.4 Å². The SMILES string of the molecule is CC(N)CC(=O)N1CCCC1CC1CC2CCC1C2.Cl. The zero-order valence-electron chi connectivity index (χ0n) is 12.6. The maximum atomic E-state index is 12.2. The van der Waals surface area contributed by atoms with Gasteiger partial charge in [-0.05, 0) is 63.2 Å². The van der Waals surface area contributed by atoms with Gasteiger partial charge in [0.1, 0.15) is 0 Å². The van der Waals surface area contributed by atoms with E-state index in [2.05, 4.69) is 4.90 Å². The molecule has 4 heteroatoms. The molecule has 1 amide bonds. The Hall–Kier alpha value is -0.280. The fourth-order valence-corrected chi connectivity index (χ4v) is 4.82. The molecular weight excluding hydrogens is 272 g/mol. The maximum absolute atomic E-state index is 12.2. The average molecular weight is 301 g/mol. The van der Waals surface area contributed by atoms with Crippen molar-refractivity contribution in [3.63, 3.8) is 0 Å². The molecule has 0 aromatic heterocycles. The monoisotopic (exact) mass is 300 g/mol. The highest BCUT2D eigenvalue weighted by atomic mass is 35.5. The van der Waals surface area contributed by atoms with Crippen LogP contribution >= 0.6 is 12.4 Å². The average Bonchev–Trinajstić information content (AvgIpc) is 3.02. The van der Waals surface area contributed by atoms with Gasteiger partial charge in [-0.3, -0.25) is 4.79 Å². The molecule has 2 N–H and O–H groups in total. The molecule has 0 aromatic carbocycles. The molecule has 2 saturated carbocycles. The first-order valence-corrected chi connectivity index (χ1v) is 8.18. The van der Waals surface area contributed by atoms with E-state index in [1.54, 1.807) is 0 Å². The van der Waals surface area contributed by atoms with Crippen LogP contribution in [0.15, 0.2) is 0 Å². The van der Waals surface area contributed by atoms with E-state index in [4.69, 9.17) is 5.73 Å². The van der Waals surface area contributed by atoms with Crippen molar-refractivity contribution in [3.8, 4) is 0 Å². The van der Waals surface area contributed by atoms with Gasteiger partial charge in [0.25, 0.3) is 0 Å². The molecule has 2 bridgehead atoms. The zero-order chi connectivity index (χ0) is 13.4. The lowest BCUT2D eigenvalue weighted by Gasteiger charge is -2.30. The van der Waals surface area contributed by atoms with Gasteiger partial charge in [0.2, 0.25) is 5.91 Å². The van der Waals surface area contributed by atoms with Crippen molar-refractivity contribution >= 4 is 18.3 Å². The molecule has 3 rings (SSSR count). The van der Waals surface area contributed by atoms with Crippen LogP contribution in [0.2, 0.25) is 0 Å². The van der Waals surface area contributed by atoms with E-state index in [1.165, 1.54) is 44.9 Å². The van der Waals surface area contributed by atoms with Crippen LogP contribution in [0.25, 0.3) is 0 Å². The Morgan fingerprint density at radius 3 is 2.70 bits per heavy atom. The highest BCUT2D eigenvalue weighted by molar-refractivity contribution is 5.85. The van der Waals surface area contributed by atoms with E-state index in [1.807, 2.05) is 6.92 Å². The molecule has 3 aliphatic rings. The van der Waals surface area contributed by atoms with Crippen LogP contribution in [0.4, 0.5) is 0 Å². The van der Waals surface area contributed by atoms with Crippen LogP contribution in [-0.4, -0.2) is 29.4 Å². The summed E-state index contributed by atoms with van der Waals surface area (Å²) in [6, 6.07) is 0.520. The summed E-state index contributed by atoms with van der Waals surface area (Å²) in [6.45, 7) is 2.90. The molecule has 5 unspecified atom stereocenters. The topological polar surface area (TPSA) is 46.3 Å². The quantitative estimate of drug-likeness (QED) is 0.867. The molecule has 0 aromatic rings. The van der Waals surface area contributed by atoms with Gasteiger partial charge in [-0.1, -0.05) is 6.42 Å². The highest BCUT2D eigenvalue weighted by Crippen LogP contribution is 2.50. The third-order valence-electron chi connectivity index (χ3n) is 5.65. The van der Waals surface area contributed by atoms with Gasteiger partial charge in [-0.25, -0.2) is 0 Å². The lowest BCUT2D eigenvalue weighted by Crippen LogP contribution is -2.39. The largest absolute Gasteiger partial charge is 0.340 e. The summed E-state index contributed by atoms with van der Waals surface area (Å²) in [6.07, 6.45) is 10.0. The Labute approximate surface area is 129 Å². The van der Waals surface area contributed by atoms with E-state index < -0.39 is 0 Å². The van der Waals surface area contributed by atoms with Crippen LogP contribution < -0.4 is 5.73 Å². The van der Waals surface area contributed by atoms with Crippen LogP contribution in [0.5, 0.6) is 0 Å². The lowest BCUT2D eigenvalue weighted by atomic mass is 9.83. The van der Waals surface area contributed by atoms with Crippen molar-refractivity contribution in [2.45, 2.75) is 70.4 Å². The minimum absolute atomic E-state index is 0. The summed E-state index contributed by atoms with van der Waals surface area (Å²) in [4.78, 5) is 14.4.